The summed E-state index contributed by atoms with van der Waals surface area (Å²) in [4.78, 5) is 28.8. The molecule has 2 aliphatic rings. The van der Waals surface area contributed by atoms with Crippen molar-refractivity contribution in [2.75, 3.05) is 11.7 Å². The standard InChI is InChI=1S/C26H25FN2O5/c27-18-10-8-17(9-11-18)24(25(30)28-19-5-2-1-3-6-19)29(26(31)22-7-4-14-32-22)20-12-13-21-23(15-20)34-16-33-21/h4,7-15,19,24H,1-3,5-6,16H2,(H,28,30). The van der Waals surface area contributed by atoms with Crippen LogP contribution in [0.1, 0.15) is 54.3 Å². The Balaban J connectivity index is 1.58. The minimum absolute atomic E-state index is 0.0292. The summed E-state index contributed by atoms with van der Waals surface area (Å²) in [6, 6.07) is 12.8. The van der Waals surface area contributed by atoms with Crippen molar-refractivity contribution in [1.29, 1.82) is 0 Å². The van der Waals surface area contributed by atoms with E-state index in [1.807, 2.05) is 0 Å². The molecule has 0 radical (unpaired) electrons. The van der Waals surface area contributed by atoms with Crippen molar-refractivity contribution >= 4 is 17.5 Å². The van der Waals surface area contributed by atoms with Crippen LogP contribution in [0.25, 0.3) is 0 Å². The number of hydrogen-bond acceptors (Lipinski definition) is 5. The van der Waals surface area contributed by atoms with Gasteiger partial charge >= 0.3 is 0 Å². The summed E-state index contributed by atoms with van der Waals surface area (Å²) < 4.78 is 30.1. The fraction of sp³-hybridized carbons (Fsp3) is 0.308. The number of fused-ring (bicyclic) bond motifs is 1. The largest absolute Gasteiger partial charge is 0.459 e. The molecule has 2 amide bonds. The van der Waals surface area contributed by atoms with E-state index in [0.717, 1.165) is 32.1 Å². The van der Waals surface area contributed by atoms with Gasteiger partial charge in [-0.25, -0.2) is 4.39 Å². The minimum atomic E-state index is -1.06. The molecular weight excluding hydrogens is 439 g/mol. The van der Waals surface area contributed by atoms with E-state index in [1.54, 1.807) is 30.3 Å². The van der Waals surface area contributed by atoms with Gasteiger partial charge in [0.25, 0.3) is 5.91 Å². The summed E-state index contributed by atoms with van der Waals surface area (Å²) in [6.07, 6.45) is 6.41. The van der Waals surface area contributed by atoms with Crippen molar-refractivity contribution in [1.82, 2.24) is 5.32 Å². The maximum Gasteiger partial charge on any atom is 0.294 e. The molecule has 0 saturated heterocycles. The Morgan fingerprint density at radius 2 is 1.74 bits per heavy atom. The van der Waals surface area contributed by atoms with Crippen LogP contribution in [0.4, 0.5) is 10.1 Å². The smallest absolute Gasteiger partial charge is 0.294 e. The van der Waals surface area contributed by atoms with Crippen LogP contribution in [0.2, 0.25) is 0 Å². The van der Waals surface area contributed by atoms with Crippen molar-refractivity contribution in [3.63, 3.8) is 0 Å². The number of nitrogens with zero attached hydrogens (tertiary/aromatic N) is 1. The third-order valence-corrected chi connectivity index (χ3v) is 6.23. The molecule has 176 valence electrons. The highest BCUT2D eigenvalue weighted by atomic mass is 19.1. The molecule has 2 aromatic carbocycles. The van der Waals surface area contributed by atoms with Crippen LogP contribution in [0.3, 0.4) is 0 Å². The normalized spacial score (nSPS) is 16.1. The van der Waals surface area contributed by atoms with Gasteiger partial charge in [0, 0.05) is 17.8 Å². The van der Waals surface area contributed by atoms with Crippen molar-refractivity contribution in [3.8, 4) is 11.5 Å². The van der Waals surface area contributed by atoms with Gasteiger partial charge in [-0.05, 0) is 54.8 Å². The van der Waals surface area contributed by atoms with E-state index in [9.17, 15) is 14.0 Å². The first-order valence-corrected chi connectivity index (χ1v) is 11.4. The Kier molecular flexibility index (Phi) is 6.20. The first-order chi connectivity index (χ1) is 16.6. The van der Waals surface area contributed by atoms with Crippen molar-refractivity contribution in [2.24, 2.45) is 0 Å². The zero-order valence-corrected chi connectivity index (χ0v) is 18.5. The number of ether oxygens (including phenoxy) is 2. The molecule has 5 rings (SSSR count). The monoisotopic (exact) mass is 464 g/mol. The lowest BCUT2D eigenvalue weighted by molar-refractivity contribution is -0.123. The predicted octanol–water partition coefficient (Wildman–Crippen LogP) is 4.98. The molecule has 1 aliphatic carbocycles. The van der Waals surface area contributed by atoms with Crippen LogP contribution in [-0.4, -0.2) is 24.6 Å². The van der Waals surface area contributed by atoms with Gasteiger partial charge in [0.15, 0.2) is 17.3 Å². The maximum absolute atomic E-state index is 13.8. The summed E-state index contributed by atoms with van der Waals surface area (Å²) in [6.45, 7) is 0.0779. The van der Waals surface area contributed by atoms with E-state index < -0.39 is 17.8 Å². The third-order valence-electron chi connectivity index (χ3n) is 6.23. The van der Waals surface area contributed by atoms with Crippen LogP contribution >= 0.6 is 0 Å². The maximum atomic E-state index is 13.8. The molecule has 1 aliphatic heterocycles. The molecule has 1 fully saturated rings. The van der Waals surface area contributed by atoms with E-state index in [-0.39, 0.29) is 24.5 Å². The zero-order valence-electron chi connectivity index (χ0n) is 18.5. The summed E-state index contributed by atoms with van der Waals surface area (Å²) in [5, 5.41) is 3.12. The first kappa shape index (κ1) is 22.0. The molecule has 1 saturated carbocycles. The van der Waals surface area contributed by atoms with Crippen LogP contribution in [0.15, 0.2) is 65.3 Å². The fourth-order valence-corrected chi connectivity index (χ4v) is 4.53. The minimum Gasteiger partial charge on any atom is -0.459 e. The molecule has 8 heteroatoms. The number of amides is 2. The number of hydrogen-bond donors (Lipinski definition) is 1. The molecular formula is C26H25FN2O5. The van der Waals surface area contributed by atoms with Crippen LogP contribution in [0.5, 0.6) is 11.5 Å². The number of rotatable bonds is 6. The quantitative estimate of drug-likeness (QED) is 0.556. The number of nitrogens with one attached hydrogen (secondary N) is 1. The van der Waals surface area contributed by atoms with E-state index >= 15 is 0 Å². The van der Waals surface area contributed by atoms with Gasteiger partial charge in [0.05, 0.1) is 6.26 Å². The lowest BCUT2D eigenvalue weighted by atomic mass is 9.94. The topological polar surface area (TPSA) is 81.0 Å². The number of furan rings is 1. The van der Waals surface area contributed by atoms with E-state index in [0.29, 0.717) is 22.7 Å². The van der Waals surface area contributed by atoms with Crippen molar-refractivity contribution in [3.05, 3.63) is 78.0 Å². The van der Waals surface area contributed by atoms with Crippen LogP contribution < -0.4 is 19.7 Å². The van der Waals surface area contributed by atoms with Crippen molar-refractivity contribution < 1.29 is 27.9 Å². The Bertz CT molecular complexity index is 1160. The lowest BCUT2D eigenvalue weighted by Gasteiger charge is -2.33. The molecule has 34 heavy (non-hydrogen) atoms. The van der Waals surface area contributed by atoms with Gasteiger partial charge in [-0.1, -0.05) is 31.4 Å². The number of halogens is 1. The van der Waals surface area contributed by atoms with E-state index in [2.05, 4.69) is 5.32 Å². The van der Waals surface area contributed by atoms with Gasteiger partial charge in [-0.2, -0.15) is 0 Å². The highest BCUT2D eigenvalue weighted by Crippen LogP contribution is 2.39. The Hall–Kier alpha value is -3.81. The molecule has 1 atom stereocenters. The molecule has 2 heterocycles. The molecule has 7 nitrogen and oxygen atoms in total. The highest BCUT2D eigenvalue weighted by molar-refractivity contribution is 6.08. The zero-order chi connectivity index (χ0) is 23.5. The Labute approximate surface area is 196 Å². The van der Waals surface area contributed by atoms with E-state index in [4.69, 9.17) is 13.9 Å². The second-order valence-corrected chi connectivity index (χ2v) is 8.49. The van der Waals surface area contributed by atoms with Gasteiger partial charge in [-0.15, -0.1) is 0 Å². The number of carbonyl (C=O) groups excluding carboxylic acids is 2. The molecule has 1 N–H and O–H groups in total. The second-order valence-electron chi connectivity index (χ2n) is 8.49. The summed E-state index contributed by atoms with van der Waals surface area (Å²) in [7, 11) is 0. The Morgan fingerprint density at radius 1 is 0.971 bits per heavy atom. The number of carbonyl (C=O) groups is 2. The summed E-state index contributed by atoms with van der Waals surface area (Å²) in [5.74, 6) is -0.162. The lowest BCUT2D eigenvalue weighted by Crippen LogP contribution is -2.47. The van der Waals surface area contributed by atoms with Crippen molar-refractivity contribution in [2.45, 2.75) is 44.2 Å². The summed E-state index contributed by atoms with van der Waals surface area (Å²) in [5.41, 5.74) is 0.908. The average Bonchev–Trinajstić information content (AvgIpc) is 3.55. The van der Waals surface area contributed by atoms with Gasteiger partial charge in [-0.3, -0.25) is 14.5 Å². The average molecular weight is 464 g/mol. The molecule has 0 spiro atoms. The summed E-state index contributed by atoms with van der Waals surface area (Å²) >= 11 is 0. The third kappa shape index (κ3) is 4.48. The van der Waals surface area contributed by atoms with E-state index in [1.165, 1.54) is 35.4 Å². The van der Waals surface area contributed by atoms with Crippen LogP contribution in [-0.2, 0) is 4.79 Å². The highest BCUT2D eigenvalue weighted by Gasteiger charge is 2.36. The predicted molar refractivity (Wildman–Crippen MR) is 122 cm³/mol. The first-order valence-electron chi connectivity index (χ1n) is 11.4. The molecule has 3 aromatic rings. The van der Waals surface area contributed by atoms with Gasteiger partial charge < -0.3 is 19.2 Å². The molecule has 1 aromatic heterocycles. The van der Waals surface area contributed by atoms with Crippen LogP contribution in [0, 0.1) is 5.82 Å². The molecule has 1 unspecified atom stereocenters. The second kappa shape index (κ2) is 9.59. The van der Waals surface area contributed by atoms with Gasteiger partial charge in [0.1, 0.15) is 11.9 Å². The van der Waals surface area contributed by atoms with Gasteiger partial charge in [0.2, 0.25) is 12.7 Å². The fourth-order valence-electron chi connectivity index (χ4n) is 4.53. The number of anilines is 1. The Morgan fingerprint density at radius 3 is 2.47 bits per heavy atom. The molecule has 0 bridgehead atoms. The SMILES string of the molecule is O=C(NC1CCCCC1)C(c1ccc(F)cc1)N(C(=O)c1ccco1)c1ccc2c(c1)OCO2. The number of benzene rings is 2.